The fourth-order valence-corrected chi connectivity index (χ4v) is 4.24. The van der Waals surface area contributed by atoms with E-state index >= 15 is 0 Å². The van der Waals surface area contributed by atoms with E-state index in [9.17, 15) is 19.5 Å². The molecule has 0 aliphatic rings. The Morgan fingerprint density at radius 1 is 1.12 bits per heavy atom. The predicted molar refractivity (Wildman–Crippen MR) is 128 cm³/mol. The Kier molecular flexibility index (Phi) is 7.00. The maximum absolute atomic E-state index is 12.8. The van der Waals surface area contributed by atoms with Crippen LogP contribution in [0, 0.1) is 13.8 Å². The summed E-state index contributed by atoms with van der Waals surface area (Å²) in [5, 5.41) is 13.7. The molecule has 1 unspecified atom stereocenters. The predicted octanol–water partition coefficient (Wildman–Crippen LogP) is 5.15. The second-order valence-electron chi connectivity index (χ2n) is 9.75. The molecule has 2 aromatic heterocycles. The van der Waals surface area contributed by atoms with Gasteiger partial charge >= 0.3 is 11.6 Å². The minimum absolute atomic E-state index is 0.00713. The topological polar surface area (TPSA) is 110 Å². The Bertz CT molecular complexity index is 1260. The van der Waals surface area contributed by atoms with Gasteiger partial charge in [-0.25, -0.2) is 9.59 Å². The Morgan fingerprint density at radius 2 is 1.82 bits per heavy atom. The van der Waals surface area contributed by atoms with Gasteiger partial charge in [-0.05, 0) is 43.7 Å². The molecular formula is C26H33NO6. The van der Waals surface area contributed by atoms with E-state index in [1.54, 1.807) is 6.26 Å². The van der Waals surface area contributed by atoms with E-state index in [-0.39, 0.29) is 18.3 Å². The molecule has 3 aromatic rings. The van der Waals surface area contributed by atoms with Crippen molar-refractivity contribution in [3.8, 4) is 0 Å². The largest absolute Gasteiger partial charge is 0.480 e. The number of furan rings is 1. The number of hydrogen-bond donors (Lipinski definition) is 2. The number of fused-ring (bicyclic) bond motifs is 2. The number of amides is 1. The highest BCUT2D eigenvalue weighted by molar-refractivity contribution is 6.00. The third kappa shape index (κ3) is 4.97. The van der Waals surface area contributed by atoms with Crippen molar-refractivity contribution in [1.82, 2.24) is 5.32 Å². The van der Waals surface area contributed by atoms with Gasteiger partial charge in [-0.15, -0.1) is 0 Å². The minimum atomic E-state index is -1.05. The van der Waals surface area contributed by atoms with E-state index in [4.69, 9.17) is 8.83 Å². The van der Waals surface area contributed by atoms with Gasteiger partial charge in [-0.2, -0.15) is 0 Å². The van der Waals surface area contributed by atoms with Crippen LogP contribution in [-0.4, -0.2) is 23.0 Å². The molecule has 7 heteroatoms. The Balaban J connectivity index is 1.94. The summed E-state index contributed by atoms with van der Waals surface area (Å²) in [6.07, 6.45) is 3.87. The molecule has 0 spiro atoms. The molecule has 0 saturated heterocycles. The van der Waals surface area contributed by atoms with Crippen molar-refractivity contribution in [2.45, 2.75) is 85.1 Å². The zero-order valence-corrected chi connectivity index (χ0v) is 20.3. The van der Waals surface area contributed by atoms with E-state index in [0.29, 0.717) is 29.6 Å². The van der Waals surface area contributed by atoms with Gasteiger partial charge in [0, 0.05) is 33.9 Å². The van der Waals surface area contributed by atoms with E-state index in [1.807, 2.05) is 26.8 Å². The highest BCUT2D eigenvalue weighted by atomic mass is 16.4. The highest BCUT2D eigenvalue weighted by Gasteiger charge is 2.24. The van der Waals surface area contributed by atoms with Gasteiger partial charge in [0.05, 0.1) is 6.26 Å². The molecule has 0 fully saturated rings. The van der Waals surface area contributed by atoms with Gasteiger partial charge in [-0.1, -0.05) is 40.5 Å². The smallest absolute Gasteiger partial charge is 0.339 e. The zero-order chi connectivity index (χ0) is 24.5. The molecule has 0 bridgehead atoms. The molecule has 7 nitrogen and oxygen atoms in total. The molecule has 1 atom stereocenters. The van der Waals surface area contributed by atoms with Gasteiger partial charge < -0.3 is 19.3 Å². The summed E-state index contributed by atoms with van der Waals surface area (Å²) in [6.45, 7) is 12.0. The van der Waals surface area contributed by atoms with E-state index < -0.39 is 23.5 Å². The van der Waals surface area contributed by atoms with Gasteiger partial charge in [0.1, 0.15) is 17.2 Å². The normalized spacial score (nSPS) is 12.9. The third-order valence-electron chi connectivity index (χ3n) is 6.23. The number of nitrogens with one attached hydrogen (secondary N) is 1. The van der Waals surface area contributed by atoms with Crippen LogP contribution >= 0.6 is 0 Å². The average molecular weight is 456 g/mol. The Hall–Kier alpha value is -3.09. The monoisotopic (exact) mass is 455 g/mol. The second-order valence-corrected chi connectivity index (χ2v) is 9.75. The first-order valence-corrected chi connectivity index (χ1v) is 11.4. The van der Waals surface area contributed by atoms with Crippen LogP contribution in [0.2, 0.25) is 0 Å². The van der Waals surface area contributed by atoms with Gasteiger partial charge in [0.15, 0.2) is 0 Å². The van der Waals surface area contributed by atoms with Crippen LogP contribution in [0.1, 0.15) is 75.6 Å². The first kappa shape index (κ1) is 24.6. The average Bonchev–Trinajstić information content (AvgIpc) is 3.16. The number of carbonyl (C=O) groups excluding carboxylic acids is 1. The van der Waals surface area contributed by atoms with Crippen LogP contribution in [0.15, 0.2) is 26.0 Å². The van der Waals surface area contributed by atoms with Crippen LogP contribution in [0.3, 0.4) is 0 Å². The van der Waals surface area contributed by atoms with Gasteiger partial charge in [-0.3, -0.25) is 4.79 Å². The van der Waals surface area contributed by atoms with E-state index in [2.05, 4.69) is 26.1 Å². The molecule has 0 aliphatic heterocycles. The number of carbonyl (C=O) groups is 2. The van der Waals surface area contributed by atoms with Crippen LogP contribution in [0.4, 0.5) is 0 Å². The van der Waals surface area contributed by atoms with Crippen molar-refractivity contribution in [1.29, 1.82) is 0 Å². The lowest BCUT2D eigenvalue weighted by molar-refractivity contribution is -0.142. The number of rotatable bonds is 8. The number of aliphatic carboxylic acids is 1. The minimum Gasteiger partial charge on any atom is -0.480 e. The first-order valence-electron chi connectivity index (χ1n) is 11.4. The zero-order valence-electron chi connectivity index (χ0n) is 20.3. The summed E-state index contributed by atoms with van der Waals surface area (Å²) >= 11 is 0. The van der Waals surface area contributed by atoms with Crippen molar-refractivity contribution in [2.75, 3.05) is 0 Å². The van der Waals surface area contributed by atoms with E-state index in [0.717, 1.165) is 33.9 Å². The fourth-order valence-electron chi connectivity index (χ4n) is 4.24. The molecule has 1 aromatic carbocycles. The summed E-state index contributed by atoms with van der Waals surface area (Å²) in [6, 6.07) is 1.08. The number of benzene rings is 1. The molecule has 3 rings (SSSR count). The molecule has 0 radical (unpaired) electrons. The third-order valence-corrected chi connectivity index (χ3v) is 6.23. The summed E-state index contributed by atoms with van der Waals surface area (Å²) in [7, 11) is 0. The van der Waals surface area contributed by atoms with Crippen molar-refractivity contribution in [3.63, 3.8) is 0 Å². The molecule has 0 aliphatic carbocycles. The number of carboxylic acid groups (broad SMARTS) is 1. The van der Waals surface area contributed by atoms with Crippen molar-refractivity contribution < 1.29 is 23.5 Å². The summed E-state index contributed by atoms with van der Waals surface area (Å²) in [5.41, 5.74) is 3.61. The second kappa shape index (κ2) is 9.41. The maximum atomic E-state index is 12.8. The maximum Gasteiger partial charge on any atom is 0.339 e. The molecule has 33 heavy (non-hydrogen) atoms. The molecule has 178 valence electrons. The molecule has 1 amide bonds. The lowest BCUT2D eigenvalue weighted by Gasteiger charge is -2.17. The Labute approximate surface area is 193 Å². The SMILES string of the molecule is CCCCC(NC(=O)CCc1c(C)c2cc3c(C(C)(C)C)coc3c(C)c2oc1=O)C(=O)O. The van der Waals surface area contributed by atoms with E-state index in [1.165, 1.54) is 0 Å². The standard InChI is InChI=1S/C26H33NO6/c1-7-8-9-20(24(29)30)27-21(28)11-10-16-14(2)17-12-18-19(26(4,5)6)13-32-22(18)15(3)23(17)33-25(16)31/h12-13,20H,7-11H2,1-6H3,(H,27,28)(H,29,30). The molecule has 2 heterocycles. The quantitative estimate of drug-likeness (QED) is 0.455. The fraction of sp³-hybridized carbons (Fsp3) is 0.500. The first-order chi connectivity index (χ1) is 15.5. The Morgan fingerprint density at radius 3 is 2.42 bits per heavy atom. The lowest BCUT2D eigenvalue weighted by atomic mass is 9.86. The van der Waals surface area contributed by atoms with Gasteiger partial charge in [0.2, 0.25) is 5.91 Å². The number of unbranched alkanes of at least 4 members (excludes halogenated alkanes) is 1. The molecule has 0 saturated carbocycles. The van der Waals surface area contributed by atoms with Crippen LogP contribution in [-0.2, 0) is 21.4 Å². The summed E-state index contributed by atoms with van der Waals surface area (Å²) < 4.78 is 11.5. The van der Waals surface area contributed by atoms with Crippen molar-refractivity contribution in [2.24, 2.45) is 0 Å². The molecular weight excluding hydrogens is 422 g/mol. The van der Waals surface area contributed by atoms with Crippen molar-refractivity contribution >= 4 is 33.8 Å². The van der Waals surface area contributed by atoms with Crippen LogP contribution in [0.5, 0.6) is 0 Å². The molecule has 2 N–H and O–H groups in total. The number of aryl methyl sites for hydroxylation is 2. The van der Waals surface area contributed by atoms with Gasteiger partial charge in [0.25, 0.3) is 0 Å². The number of hydrogen-bond acceptors (Lipinski definition) is 5. The van der Waals surface area contributed by atoms with Crippen molar-refractivity contribution in [3.05, 3.63) is 45.0 Å². The summed E-state index contributed by atoms with van der Waals surface area (Å²) in [4.78, 5) is 36.6. The summed E-state index contributed by atoms with van der Waals surface area (Å²) in [5.74, 6) is -1.44. The lowest BCUT2D eigenvalue weighted by Crippen LogP contribution is -2.40. The number of carboxylic acids is 1. The highest BCUT2D eigenvalue weighted by Crippen LogP contribution is 2.37. The van der Waals surface area contributed by atoms with Crippen LogP contribution in [0.25, 0.3) is 21.9 Å². The van der Waals surface area contributed by atoms with Crippen LogP contribution < -0.4 is 10.9 Å².